The van der Waals surface area contributed by atoms with Crippen LogP contribution in [0.1, 0.15) is 21.3 Å². The van der Waals surface area contributed by atoms with Crippen LogP contribution in [0, 0.1) is 0 Å². The quantitative estimate of drug-likeness (QED) is 0.661. The fourth-order valence-corrected chi connectivity index (χ4v) is 3.11. The number of nitrogen functional groups attached to an aromatic ring is 1. The Hall–Kier alpha value is -2.77. The molecule has 1 aromatic carbocycles. The lowest BCUT2D eigenvalue weighted by Gasteiger charge is -2.12. The molecule has 3 aromatic rings. The van der Waals surface area contributed by atoms with Crippen LogP contribution in [0.3, 0.4) is 0 Å². The minimum Gasteiger partial charge on any atom is -0.368 e. The molecule has 3 rings (SSSR count). The molecule has 122 valence electrons. The average Bonchev–Trinajstić information content (AvgIpc) is 3.10. The van der Waals surface area contributed by atoms with Crippen molar-refractivity contribution in [2.75, 3.05) is 12.3 Å². The maximum absolute atomic E-state index is 12.3. The van der Waals surface area contributed by atoms with Gasteiger partial charge in [0.1, 0.15) is 0 Å². The molecule has 6 nitrogen and oxygen atoms in total. The van der Waals surface area contributed by atoms with Crippen molar-refractivity contribution in [2.45, 2.75) is 6.04 Å². The van der Waals surface area contributed by atoms with Gasteiger partial charge in [-0.3, -0.25) is 4.79 Å². The van der Waals surface area contributed by atoms with Gasteiger partial charge in [0.05, 0.1) is 15.4 Å². The van der Waals surface area contributed by atoms with E-state index in [2.05, 4.69) is 15.3 Å². The summed E-state index contributed by atoms with van der Waals surface area (Å²) < 4.78 is 0. The van der Waals surface area contributed by atoms with Gasteiger partial charge in [-0.15, -0.1) is 11.3 Å². The summed E-state index contributed by atoms with van der Waals surface area (Å²) in [4.78, 5) is 21.8. The van der Waals surface area contributed by atoms with Crippen LogP contribution in [-0.2, 0) is 0 Å². The number of thiophene rings is 1. The number of carbonyl (C=O) groups is 1. The van der Waals surface area contributed by atoms with Crippen molar-refractivity contribution >= 4 is 23.2 Å². The predicted octanol–water partition coefficient (Wildman–Crippen LogP) is 2.22. The normalized spacial score (nSPS) is 11.9. The predicted molar refractivity (Wildman–Crippen MR) is 95.5 cm³/mol. The third-order valence-electron chi connectivity index (χ3n) is 3.47. The molecule has 5 N–H and O–H groups in total. The molecule has 0 bridgehead atoms. The summed E-state index contributed by atoms with van der Waals surface area (Å²) in [5.74, 6) is 0.0559. The molecule has 0 aliphatic carbocycles. The van der Waals surface area contributed by atoms with E-state index in [9.17, 15) is 4.79 Å². The lowest BCUT2D eigenvalue weighted by molar-refractivity contribution is 0.0955. The third-order valence-corrected chi connectivity index (χ3v) is 4.57. The van der Waals surface area contributed by atoms with Gasteiger partial charge in [0.2, 0.25) is 5.95 Å². The van der Waals surface area contributed by atoms with E-state index in [4.69, 9.17) is 11.5 Å². The molecule has 2 heterocycles. The summed E-state index contributed by atoms with van der Waals surface area (Å²) in [6, 6.07) is 14.8. The number of hydrogen-bond acceptors (Lipinski definition) is 6. The molecule has 7 heteroatoms. The lowest BCUT2D eigenvalue weighted by Crippen LogP contribution is -2.31. The highest BCUT2D eigenvalue weighted by atomic mass is 32.1. The van der Waals surface area contributed by atoms with E-state index >= 15 is 0 Å². The molecular formula is C17H17N5OS. The third kappa shape index (κ3) is 3.76. The first-order chi connectivity index (χ1) is 11.6. The number of anilines is 1. The summed E-state index contributed by atoms with van der Waals surface area (Å²) >= 11 is 1.35. The molecule has 0 unspecified atom stereocenters. The summed E-state index contributed by atoms with van der Waals surface area (Å²) in [7, 11) is 0. The second-order valence-corrected chi connectivity index (χ2v) is 6.27. The maximum atomic E-state index is 12.3. The fourth-order valence-electron chi connectivity index (χ4n) is 2.22. The largest absolute Gasteiger partial charge is 0.368 e. The standard InChI is InChI=1S/C17H17N5OS/c18-12(11-4-2-1-3-5-11)10-21-16(23)15-7-6-14(24-15)13-8-9-20-17(19)22-13/h1-9,12H,10,18H2,(H,21,23)(H2,19,20,22)/t12-/m0/s1. The van der Waals surface area contributed by atoms with Crippen LogP contribution in [0.2, 0.25) is 0 Å². The summed E-state index contributed by atoms with van der Waals surface area (Å²) in [5.41, 5.74) is 13.4. The van der Waals surface area contributed by atoms with E-state index in [1.165, 1.54) is 11.3 Å². The Morgan fingerprint density at radius 3 is 2.71 bits per heavy atom. The molecule has 1 amide bonds. The van der Waals surface area contributed by atoms with Gasteiger partial charge in [-0.05, 0) is 23.8 Å². The molecule has 0 spiro atoms. The highest BCUT2D eigenvalue weighted by Crippen LogP contribution is 2.26. The Morgan fingerprint density at radius 1 is 1.17 bits per heavy atom. The highest BCUT2D eigenvalue weighted by Gasteiger charge is 2.13. The molecule has 1 atom stereocenters. The number of amides is 1. The average molecular weight is 339 g/mol. The molecule has 0 radical (unpaired) electrons. The monoisotopic (exact) mass is 339 g/mol. The molecule has 0 saturated carbocycles. The van der Waals surface area contributed by atoms with Gasteiger partial charge in [0.15, 0.2) is 0 Å². The number of aromatic nitrogens is 2. The van der Waals surface area contributed by atoms with Crippen LogP contribution in [0.25, 0.3) is 10.6 Å². The van der Waals surface area contributed by atoms with Crippen molar-refractivity contribution in [3.8, 4) is 10.6 Å². The number of nitrogens with one attached hydrogen (secondary N) is 1. The lowest BCUT2D eigenvalue weighted by atomic mass is 10.1. The van der Waals surface area contributed by atoms with Crippen LogP contribution in [0.15, 0.2) is 54.7 Å². The molecule has 24 heavy (non-hydrogen) atoms. The van der Waals surface area contributed by atoms with Gasteiger partial charge >= 0.3 is 0 Å². The number of nitrogens with two attached hydrogens (primary N) is 2. The Bertz CT molecular complexity index is 834. The smallest absolute Gasteiger partial charge is 0.261 e. The van der Waals surface area contributed by atoms with Gasteiger partial charge < -0.3 is 16.8 Å². The van der Waals surface area contributed by atoms with Gasteiger partial charge in [0, 0.05) is 18.8 Å². The zero-order valence-corrected chi connectivity index (χ0v) is 13.7. The first kappa shape index (κ1) is 16.1. The Balaban J connectivity index is 1.64. The zero-order chi connectivity index (χ0) is 16.9. The van der Waals surface area contributed by atoms with Gasteiger partial charge in [-0.25, -0.2) is 9.97 Å². The van der Waals surface area contributed by atoms with Gasteiger partial charge in [0.25, 0.3) is 5.91 Å². The maximum Gasteiger partial charge on any atom is 0.261 e. The molecule has 0 aliphatic heterocycles. The summed E-state index contributed by atoms with van der Waals surface area (Å²) in [6.45, 7) is 0.372. The van der Waals surface area contributed by atoms with E-state index in [1.54, 1.807) is 18.3 Å². The first-order valence-electron chi connectivity index (χ1n) is 7.41. The van der Waals surface area contributed by atoms with Crippen LogP contribution in [-0.4, -0.2) is 22.4 Å². The Kier molecular flexibility index (Phi) is 4.83. The second-order valence-electron chi connectivity index (χ2n) is 5.19. The minimum atomic E-state index is -0.240. The van der Waals surface area contributed by atoms with E-state index < -0.39 is 0 Å². The Labute approximate surface area is 143 Å². The number of nitrogens with zero attached hydrogens (tertiary/aromatic N) is 2. The Morgan fingerprint density at radius 2 is 1.96 bits per heavy atom. The molecule has 2 aromatic heterocycles. The van der Waals surface area contributed by atoms with Crippen LogP contribution in [0.4, 0.5) is 5.95 Å². The first-order valence-corrected chi connectivity index (χ1v) is 8.22. The van der Waals surface area contributed by atoms with Crippen molar-refractivity contribution in [3.05, 3.63) is 65.2 Å². The van der Waals surface area contributed by atoms with Crippen molar-refractivity contribution in [3.63, 3.8) is 0 Å². The molecule has 0 fully saturated rings. The van der Waals surface area contributed by atoms with Gasteiger partial charge in [-0.1, -0.05) is 30.3 Å². The van der Waals surface area contributed by atoms with Crippen molar-refractivity contribution < 1.29 is 4.79 Å². The number of benzene rings is 1. The zero-order valence-electron chi connectivity index (χ0n) is 12.8. The molecule has 0 aliphatic rings. The van der Waals surface area contributed by atoms with Crippen LogP contribution in [0.5, 0.6) is 0 Å². The molecular weight excluding hydrogens is 322 g/mol. The van der Waals surface area contributed by atoms with E-state index in [0.717, 1.165) is 10.4 Å². The van der Waals surface area contributed by atoms with Crippen molar-refractivity contribution in [1.82, 2.24) is 15.3 Å². The van der Waals surface area contributed by atoms with Crippen molar-refractivity contribution in [1.29, 1.82) is 0 Å². The fraction of sp³-hybridized carbons (Fsp3) is 0.118. The molecule has 0 saturated heterocycles. The second kappa shape index (κ2) is 7.20. The number of hydrogen-bond donors (Lipinski definition) is 3. The van der Waals surface area contributed by atoms with Crippen molar-refractivity contribution in [2.24, 2.45) is 5.73 Å². The van der Waals surface area contributed by atoms with Crippen LogP contribution < -0.4 is 16.8 Å². The minimum absolute atomic E-state index is 0.153. The van der Waals surface area contributed by atoms with E-state index in [-0.39, 0.29) is 17.9 Å². The highest BCUT2D eigenvalue weighted by molar-refractivity contribution is 7.17. The SMILES string of the molecule is Nc1nccc(-c2ccc(C(=O)NC[C@H](N)c3ccccc3)s2)n1. The van der Waals surface area contributed by atoms with E-state index in [0.29, 0.717) is 17.1 Å². The van der Waals surface area contributed by atoms with Gasteiger partial charge in [-0.2, -0.15) is 0 Å². The van der Waals surface area contributed by atoms with Crippen LogP contribution >= 0.6 is 11.3 Å². The summed E-state index contributed by atoms with van der Waals surface area (Å²) in [5, 5.41) is 2.86. The number of rotatable bonds is 5. The van der Waals surface area contributed by atoms with E-state index in [1.807, 2.05) is 36.4 Å². The summed E-state index contributed by atoms with van der Waals surface area (Å²) in [6.07, 6.45) is 1.59. The topological polar surface area (TPSA) is 107 Å². The number of carbonyl (C=O) groups excluding carboxylic acids is 1.